The van der Waals surface area contributed by atoms with Crippen LogP contribution in [0, 0.1) is 0 Å². The van der Waals surface area contributed by atoms with Crippen LogP contribution >= 0.6 is 24.8 Å². The van der Waals surface area contributed by atoms with Gasteiger partial charge in [-0.1, -0.05) is 0 Å². The van der Waals surface area contributed by atoms with Crippen LogP contribution in [0.25, 0.3) is 0 Å². The number of aromatic nitrogens is 1. The van der Waals surface area contributed by atoms with Crippen molar-refractivity contribution in [3.63, 3.8) is 0 Å². The van der Waals surface area contributed by atoms with Crippen LogP contribution in [-0.2, 0) is 13.3 Å². The average Bonchev–Trinajstić information content (AvgIpc) is 2.92. The molecule has 19 heavy (non-hydrogen) atoms. The number of nitrogens with one attached hydrogen (secondary N) is 1. The Kier molecular flexibility index (Phi) is 5.31. The van der Waals surface area contributed by atoms with Gasteiger partial charge in [0.15, 0.2) is 0 Å². The SMILES string of the molecule is C[SiH](C)[Ti]([CH3])([CH3])([CH3])([C]1=CC=CC1)[c]1ccc[nH]1.Cl.Cl. The van der Waals surface area contributed by atoms with E-state index >= 15 is 0 Å². The molecule has 0 bridgehead atoms. The fraction of sp³-hybridized carbons (Fsp3) is 0.429. The Hall–Kier alpha value is 0.271. The minimum absolute atomic E-state index is 0. The summed E-state index contributed by atoms with van der Waals surface area (Å²) in [5.41, 5.74) is 0. The second-order valence-electron chi connectivity index (χ2n) is 7.84. The molecular weight excluding hydrogens is 329 g/mol. The molecular formula is C14H27Cl2NSiTi. The molecule has 0 fully saturated rings. The third-order valence-corrected chi connectivity index (χ3v) is 43.7. The summed E-state index contributed by atoms with van der Waals surface area (Å²) in [4.78, 5) is 3.57. The standard InChI is InChI=1S/C5H5.C4H4N.C2H7Si.3CH3.2ClH.Ti/c2*1-2-4-5-3-1;1-3-2;;;;;;/h1-3H,4H2;1-3,5H;3H,1-2H3;3*1H3;2*1H;. The number of hydrogen-bond acceptors (Lipinski definition) is 0. The smallest absolute Gasteiger partial charge is 0.147 e. The van der Waals surface area contributed by atoms with Crippen molar-refractivity contribution < 1.29 is 13.3 Å². The molecule has 0 amide bonds. The van der Waals surface area contributed by atoms with E-state index in [0.29, 0.717) is 0 Å². The second-order valence-corrected chi connectivity index (χ2v) is 40.3. The van der Waals surface area contributed by atoms with Crippen LogP contribution in [0.3, 0.4) is 0 Å². The summed E-state index contributed by atoms with van der Waals surface area (Å²) in [5.74, 6) is 0. The molecule has 1 nitrogen and oxygen atoms in total. The number of hydrogen-bond donors (Lipinski definition) is 1. The first-order valence-electron chi connectivity index (χ1n) is 6.65. The van der Waals surface area contributed by atoms with E-state index in [2.05, 4.69) is 70.3 Å². The summed E-state index contributed by atoms with van der Waals surface area (Å²) < 4.78 is 3.27. The van der Waals surface area contributed by atoms with Crippen molar-refractivity contribution in [2.45, 2.75) is 35.2 Å². The van der Waals surface area contributed by atoms with Crippen molar-refractivity contribution >= 4 is 35.5 Å². The molecule has 0 radical (unpaired) electrons. The zero-order valence-electron chi connectivity index (χ0n) is 12.6. The van der Waals surface area contributed by atoms with Gasteiger partial charge in [0.25, 0.3) is 0 Å². The molecule has 0 aliphatic heterocycles. The maximum atomic E-state index is 3.57. The van der Waals surface area contributed by atoms with E-state index in [1.165, 1.54) is 6.42 Å². The predicted molar refractivity (Wildman–Crippen MR) is 93.2 cm³/mol. The van der Waals surface area contributed by atoms with Crippen LogP contribution in [0.1, 0.15) is 6.42 Å². The fourth-order valence-corrected chi connectivity index (χ4v) is 17.9. The van der Waals surface area contributed by atoms with Crippen molar-refractivity contribution in [3.8, 4) is 0 Å². The molecule has 1 aromatic heterocycles. The van der Waals surface area contributed by atoms with Crippen molar-refractivity contribution in [1.29, 1.82) is 0 Å². The number of H-pyrrole nitrogens is 1. The van der Waals surface area contributed by atoms with E-state index in [1.807, 2.05) is 0 Å². The first-order valence-corrected chi connectivity index (χ1v) is 18.5. The third-order valence-electron chi connectivity index (χ3n) is 6.09. The van der Waals surface area contributed by atoms with Gasteiger partial charge in [0, 0.05) is 0 Å². The Labute approximate surface area is 129 Å². The average molecular weight is 356 g/mol. The molecule has 2 rings (SSSR count). The molecule has 1 N–H and O–H groups in total. The molecule has 1 aromatic rings. The van der Waals surface area contributed by atoms with Crippen molar-refractivity contribution in [2.75, 3.05) is 0 Å². The summed E-state index contributed by atoms with van der Waals surface area (Å²) in [6.45, 7) is 4.24. The minimum atomic E-state index is -3.22. The molecule has 5 heteroatoms. The first-order chi connectivity index (χ1) is 7.72. The number of halogens is 2. The van der Waals surface area contributed by atoms with Crippen LogP contribution in [0.2, 0.25) is 28.8 Å². The predicted octanol–water partition coefficient (Wildman–Crippen LogP) is 4.68. The van der Waals surface area contributed by atoms with Gasteiger partial charge < -0.3 is 0 Å². The molecule has 0 saturated heterocycles. The van der Waals surface area contributed by atoms with E-state index in [4.69, 9.17) is 0 Å². The zero-order valence-corrected chi connectivity index (χ0v) is 16.9. The van der Waals surface area contributed by atoms with Crippen molar-refractivity contribution in [1.82, 2.24) is 4.98 Å². The maximum absolute atomic E-state index is 3.57. The van der Waals surface area contributed by atoms with E-state index in [9.17, 15) is 0 Å². The normalized spacial score (nSPS) is 18.1. The molecule has 1 aliphatic rings. The Morgan fingerprint density at radius 3 is 2.16 bits per heavy atom. The quantitative estimate of drug-likeness (QED) is 0.757. The number of rotatable bonds is 3. The van der Waals surface area contributed by atoms with Crippen molar-refractivity contribution in [3.05, 3.63) is 40.4 Å². The molecule has 1 aliphatic carbocycles. The Morgan fingerprint density at radius 2 is 1.79 bits per heavy atom. The van der Waals surface area contributed by atoms with E-state index in [-0.39, 0.29) is 24.8 Å². The molecule has 0 spiro atoms. The van der Waals surface area contributed by atoms with Gasteiger partial charge in [-0.2, -0.15) is 0 Å². The van der Waals surface area contributed by atoms with Crippen LogP contribution in [0.15, 0.2) is 40.4 Å². The van der Waals surface area contributed by atoms with Crippen LogP contribution in [0.5, 0.6) is 0 Å². The first kappa shape index (κ1) is 19.3. The Balaban J connectivity index is 0.00000162. The van der Waals surface area contributed by atoms with Crippen LogP contribution in [-0.4, -0.2) is 11.6 Å². The summed E-state index contributed by atoms with van der Waals surface area (Å²) in [7, 11) is 0. The molecule has 0 unspecified atom stereocenters. The topological polar surface area (TPSA) is 15.8 Å². The summed E-state index contributed by atoms with van der Waals surface area (Å²) in [5, 5.41) is 7.88. The van der Waals surface area contributed by atoms with E-state index in [0.717, 1.165) is 0 Å². The van der Waals surface area contributed by atoms with Gasteiger partial charge in [0.1, 0.15) is 0 Å². The Morgan fingerprint density at radius 1 is 1.16 bits per heavy atom. The second kappa shape index (κ2) is 5.23. The third kappa shape index (κ3) is 2.47. The zero-order chi connectivity index (χ0) is 12.8. The molecule has 1 heterocycles. The summed E-state index contributed by atoms with van der Waals surface area (Å²) >= 11 is -3.22. The van der Waals surface area contributed by atoms with Gasteiger partial charge in [-0.25, -0.2) is 0 Å². The number of aromatic amines is 1. The summed E-state index contributed by atoms with van der Waals surface area (Å²) in [6, 6.07) is 4.49. The maximum Gasteiger partial charge on any atom is -0.147 e. The van der Waals surface area contributed by atoms with Gasteiger partial charge >= 0.3 is 105 Å². The van der Waals surface area contributed by atoms with Crippen LogP contribution in [0.4, 0.5) is 0 Å². The van der Waals surface area contributed by atoms with Gasteiger partial charge in [0.2, 0.25) is 0 Å². The largest absolute Gasteiger partial charge is 0.147 e. The monoisotopic (exact) mass is 355 g/mol. The molecule has 110 valence electrons. The van der Waals surface area contributed by atoms with Crippen molar-refractivity contribution in [2.24, 2.45) is 0 Å². The summed E-state index contributed by atoms with van der Waals surface area (Å²) in [6.07, 6.45) is 10.2. The van der Waals surface area contributed by atoms with Gasteiger partial charge in [-0.3, -0.25) is 0 Å². The van der Waals surface area contributed by atoms with Gasteiger partial charge in [0.05, 0.1) is 0 Å². The molecule has 0 aromatic carbocycles. The van der Waals surface area contributed by atoms with E-state index in [1.54, 1.807) is 7.88 Å². The number of allylic oxidation sites excluding steroid dienone is 4. The fourth-order valence-electron chi connectivity index (χ4n) is 3.02. The van der Waals surface area contributed by atoms with Crippen LogP contribution < -0.4 is 4.00 Å². The van der Waals surface area contributed by atoms with Gasteiger partial charge in [-0.05, 0) is 0 Å². The Bertz CT molecular complexity index is 507. The van der Waals surface area contributed by atoms with Gasteiger partial charge in [-0.15, -0.1) is 24.8 Å². The van der Waals surface area contributed by atoms with E-state index < -0.39 is 19.9 Å². The minimum Gasteiger partial charge on any atom is -0.147 e. The molecule has 0 atom stereocenters. The molecule has 0 saturated carbocycles.